The van der Waals surface area contributed by atoms with Crippen molar-refractivity contribution in [1.82, 2.24) is 0 Å². The Bertz CT molecular complexity index is 312. The van der Waals surface area contributed by atoms with Gasteiger partial charge in [-0.3, -0.25) is 0 Å². The standard InChI is InChI=1S/C11H12Br2O2/c1-8(12)10(13)7-15-11(14)9-5-3-2-4-6-9/h2-6,8,10H,7H2,1H3. The lowest BCUT2D eigenvalue weighted by molar-refractivity contribution is 0.0509. The van der Waals surface area contributed by atoms with E-state index in [4.69, 9.17) is 4.74 Å². The summed E-state index contributed by atoms with van der Waals surface area (Å²) >= 11 is 6.83. The Labute approximate surface area is 106 Å². The van der Waals surface area contributed by atoms with Gasteiger partial charge in [-0.1, -0.05) is 57.0 Å². The molecule has 2 nitrogen and oxygen atoms in total. The summed E-state index contributed by atoms with van der Waals surface area (Å²) in [5.41, 5.74) is 0.583. The van der Waals surface area contributed by atoms with Gasteiger partial charge in [-0.25, -0.2) is 4.79 Å². The third-order valence-corrected chi connectivity index (χ3v) is 4.29. The summed E-state index contributed by atoms with van der Waals surface area (Å²) in [5.74, 6) is -0.284. The number of ether oxygens (including phenoxy) is 1. The number of hydrogen-bond donors (Lipinski definition) is 0. The van der Waals surface area contributed by atoms with Crippen LogP contribution in [0.4, 0.5) is 0 Å². The number of rotatable bonds is 4. The van der Waals surface area contributed by atoms with Crippen molar-refractivity contribution in [3.05, 3.63) is 35.9 Å². The van der Waals surface area contributed by atoms with Crippen molar-refractivity contribution in [3.63, 3.8) is 0 Å². The van der Waals surface area contributed by atoms with Crippen molar-refractivity contribution in [1.29, 1.82) is 0 Å². The highest BCUT2D eigenvalue weighted by molar-refractivity contribution is 9.12. The molecule has 15 heavy (non-hydrogen) atoms. The second-order valence-electron chi connectivity index (χ2n) is 3.16. The van der Waals surface area contributed by atoms with Gasteiger partial charge in [0.25, 0.3) is 0 Å². The minimum Gasteiger partial charge on any atom is -0.461 e. The van der Waals surface area contributed by atoms with Crippen LogP contribution in [0.5, 0.6) is 0 Å². The number of alkyl halides is 2. The van der Waals surface area contributed by atoms with Gasteiger partial charge in [-0.05, 0) is 12.1 Å². The van der Waals surface area contributed by atoms with Crippen molar-refractivity contribution < 1.29 is 9.53 Å². The topological polar surface area (TPSA) is 26.3 Å². The van der Waals surface area contributed by atoms with Crippen molar-refractivity contribution in [3.8, 4) is 0 Å². The average Bonchev–Trinajstić information content (AvgIpc) is 2.26. The Kier molecular flexibility index (Phi) is 5.32. The summed E-state index contributed by atoms with van der Waals surface area (Å²) in [6, 6.07) is 8.97. The molecule has 0 amide bonds. The Morgan fingerprint density at radius 2 is 1.93 bits per heavy atom. The molecule has 0 spiro atoms. The predicted octanol–water partition coefficient (Wildman–Crippen LogP) is 3.39. The van der Waals surface area contributed by atoms with Gasteiger partial charge in [-0.15, -0.1) is 0 Å². The first-order chi connectivity index (χ1) is 7.11. The molecular weight excluding hydrogens is 324 g/mol. The highest BCUT2D eigenvalue weighted by atomic mass is 79.9. The second kappa shape index (κ2) is 6.28. The van der Waals surface area contributed by atoms with Crippen molar-refractivity contribution in [2.75, 3.05) is 6.61 Å². The van der Waals surface area contributed by atoms with Crippen molar-refractivity contribution in [2.45, 2.75) is 16.6 Å². The van der Waals surface area contributed by atoms with Gasteiger partial charge in [0, 0.05) is 4.83 Å². The molecular formula is C11H12Br2O2. The fraction of sp³-hybridized carbons (Fsp3) is 0.364. The number of esters is 1. The molecule has 0 aliphatic carbocycles. The highest BCUT2D eigenvalue weighted by Gasteiger charge is 2.14. The van der Waals surface area contributed by atoms with Crippen LogP contribution in [0, 0.1) is 0 Å². The average molecular weight is 336 g/mol. The second-order valence-corrected chi connectivity index (χ2v) is 5.78. The minimum absolute atomic E-state index is 0.130. The molecule has 0 aromatic heterocycles. The van der Waals surface area contributed by atoms with Crippen LogP contribution >= 0.6 is 31.9 Å². The quantitative estimate of drug-likeness (QED) is 0.622. The summed E-state index contributed by atoms with van der Waals surface area (Å²) in [4.78, 5) is 11.9. The first kappa shape index (κ1) is 12.7. The fourth-order valence-electron chi connectivity index (χ4n) is 0.945. The van der Waals surface area contributed by atoms with E-state index in [0.717, 1.165) is 0 Å². The molecule has 0 N–H and O–H groups in total. The lowest BCUT2D eigenvalue weighted by Gasteiger charge is -2.12. The molecule has 2 unspecified atom stereocenters. The first-order valence-corrected chi connectivity index (χ1v) is 6.44. The molecule has 1 aromatic carbocycles. The molecule has 0 radical (unpaired) electrons. The third kappa shape index (κ3) is 4.34. The first-order valence-electron chi connectivity index (χ1n) is 4.61. The molecule has 1 aromatic rings. The van der Waals surface area contributed by atoms with E-state index in [1.165, 1.54) is 0 Å². The molecule has 0 heterocycles. The normalized spacial score (nSPS) is 14.3. The smallest absolute Gasteiger partial charge is 0.338 e. The summed E-state index contributed by atoms with van der Waals surface area (Å²) in [7, 11) is 0. The lowest BCUT2D eigenvalue weighted by Crippen LogP contribution is -2.20. The van der Waals surface area contributed by atoms with E-state index in [2.05, 4.69) is 31.9 Å². The van der Waals surface area contributed by atoms with Crippen LogP contribution in [-0.4, -0.2) is 22.2 Å². The van der Waals surface area contributed by atoms with Gasteiger partial charge in [0.1, 0.15) is 6.61 Å². The minimum atomic E-state index is -0.284. The van der Waals surface area contributed by atoms with Gasteiger partial charge >= 0.3 is 5.97 Å². The molecule has 0 aliphatic heterocycles. The number of benzene rings is 1. The summed E-state index contributed by atoms with van der Waals surface area (Å²) < 4.78 is 5.14. The summed E-state index contributed by atoms with van der Waals surface area (Å²) in [5, 5.41) is 0. The predicted molar refractivity (Wildman–Crippen MR) is 67.8 cm³/mol. The molecule has 82 valence electrons. The monoisotopic (exact) mass is 334 g/mol. The zero-order valence-corrected chi connectivity index (χ0v) is 11.5. The van der Waals surface area contributed by atoms with E-state index in [1.54, 1.807) is 12.1 Å². The maximum atomic E-state index is 11.5. The molecule has 0 saturated carbocycles. The van der Waals surface area contributed by atoms with E-state index in [-0.39, 0.29) is 15.6 Å². The zero-order valence-electron chi connectivity index (χ0n) is 8.32. The third-order valence-electron chi connectivity index (χ3n) is 1.88. The highest BCUT2D eigenvalue weighted by Crippen LogP contribution is 2.14. The van der Waals surface area contributed by atoms with Gasteiger partial charge < -0.3 is 4.74 Å². The van der Waals surface area contributed by atoms with E-state index in [9.17, 15) is 4.79 Å². The Balaban J connectivity index is 2.44. The molecule has 4 heteroatoms. The SMILES string of the molecule is CC(Br)C(Br)COC(=O)c1ccccc1. The number of carbonyl (C=O) groups is 1. The fourth-order valence-corrected chi connectivity index (χ4v) is 1.23. The number of hydrogen-bond acceptors (Lipinski definition) is 2. The molecule has 0 saturated heterocycles. The summed E-state index contributed by atoms with van der Waals surface area (Å²) in [6.45, 7) is 2.36. The van der Waals surface area contributed by atoms with Crippen LogP contribution in [0.1, 0.15) is 17.3 Å². The molecule has 0 bridgehead atoms. The largest absolute Gasteiger partial charge is 0.461 e. The van der Waals surface area contributed by atoms with Crippen LogP contribution < -0.4 is 0 Å². The maximum Gasteiger partial charge on any atom is 0.338 e. The van der Waals surface area contributed by atoms with Gasteiger partial charge in [0.15, 0.2) is 0 Å². The van der Waals surface area contributed by atoms with Gasteiger partial charge in [0.05, 0.1) is 10.4 Å². The molecule has 0 aliphatic rings. The van der Waals surface area contributed by atoms with Crippen LogP contribution in [0.3, 0.4) is 0 Å². The Hall–Kier alpha value is -0.350. The van der Waals surface area contributed by atoms with E-state index in [1.807, 2.05) is 25.1 Å². The van der Waals surface area contributed by atoms with E-state index < -0.39 is 0 Å². The molecule has 0 fully saturated rings. The Morgan fingerprint density at radius 1 is 1.33 bits per heavy atom. The number of halogens is 2. The Morgan fingerprint density at radius 3 is 2.47 bits per heavy atom. The van der Waals surface area contributed by atoms with E-state index >= 15 is 0 Å². The molecule has 2 atom stereocenters. The van der Waals surface area contributed by atoms with Crippen molar-refractivity contribution >= 4 is 37.8 Å². The summed E-state index contributed by atoms with van der Waals surface area (Å²) in [6.07, 6.45) is 0. The zero-order chi connectivity index (χ0) is 11.3. The van der Waals surface area contributed by atoms with E-state index in [0.29, 0.717) is 12.2 Å². The van der Waals surface area contributed by atoms with Crippen LogP contribution in [0.15, 0.2) is 30.3 Å². The van der Waals surface area contributed by atoms with Gasteiger partial charge in [0.2, 0.25) is 0 Å². The lowest BCUT2D eigenvalue weighted by atomic mass is 10.2. The van der Waals surface area contributed by atoms with Gasteiger partial charge in [-0.2, -0.15) is 0 Å². The van der Waals surface area contributed by atoms with Crippen LogP contribution in [-0.2, 0) is 4.74 Å². The van der Waals surface area contributed by atoms with Crippen LogP contribution in [0.2, 0.25) is 0 Å². The number of carbonyl (C=O) groups excluding carboxylic acids is 1. The van der Waals surface area contributed by atoms with Crippen molar-refractivity contribution in [2.24, 2.45) is 0 Å². The van der Waals surface area contributed by atoms with Crippen LogP contribution in [0.25, 0.3) is 0 Å². The maximum absolute atomic E-state index is 11.5. The molecule has 1 rings (SSSR count).